The third kappa shape index (κ3) is 4.73. The van der Waals surface area contributed by atoms with Crippen molar-refractivity contribution in [3.8, 4) is 0 Å². The van der Waals surface area contributed by atoms with Gasteiger partial charge in [0.1, 0.15) is 0 Å². The number of allylic oxidation sites excluding steroid dienone is 2. The van der Waals surface area contributed by atoms with Gasteiger partial charge in [0.15, 0.2) is 0 Å². The molecule has 0 radical (unpaired) electrons. The number of hydrogen-bond donors (Lipinski definition) is 0. The zero-order valence-electron chi connectivity index (χ0n) is 14.3. The van der Waals surface area contributed by atoms with Crippen LogP contribution in [0.15, 0.2) is 25.3 Å². The van der Waals surface area contributed by atoms with Gasteiger partial charge in [-0.1, -0.05) is 65.2 Å². The molecule has 0 bridgehead atoms. The third-order valence-corrected chi connectivity index (χ3v) is 2.69. The highest BCUT2D eigenvalue weighted by atomic mass is 14.9. The van der Waals surface area contributed by atoms with Crippen LogP contribution in [0.2, 0.25) is 0 Å². The van der Waals surface area contributed by atoms with Crippen molar-refractivity contribution in [2.45, 2.75) is 41.5 Å². The fourth-order valence-electron chi connectivity index (χ4n) is 2.00. The van der Waals surface area contributed by atoms with Crippen molar-refractivity contribution in [1.82, 2.24) is 4.57 Å². The van der Waals surface area contributed by atoms with Gasteiger partial charge in [-0.15, -0.1) is 0 Å². The average Bonchev–Trinajstić information content (AvgIpc) is 2.76. The first-order valence-electron chi connectivity index (χ1n) is 7.44. The molecule has 1 aromatic heterocycles. The van der Waals surface area contributed by atoms with Gasteiger partial charge in [0, 0.05) is 28.2 Å². The molecule has 0 unspecified atom stereocenters. The predicted octanol–water partition coefficient (Wildman–Crippen LogP) is 2.61. The highest BCUT2D eigenvalue weighted by Gasteiger charge is 1.97. The Morgan fingerprint density at radius 1 is 0.750 bits per heavy atom. The van der Waals surface area contributed by atoms with Gasteiger partial charge >= 0.3 is 0 Å². The summed E-state index contributed by atoms with van der Waals surface area (Å²) in [6.07, 6.45) is 12.0. The summed E-state index contributed by atoms with van der Waals surface area (Å²) >= 11 is 0. The van der Waals surface area contributed by atoms with Crippen LogP contribution in [-0.4, -0.2) is 4.57 Å². The second-order valence-electron chi connectivity index (χ2n) is 3.54. The minimum atomic E-state index is 1.18. The monoisotopic (exact) mass is 273 g/mol. The Balaban J connectivity index is 0. The van der Waals surface area contributed by atoms with E-state index in [2.05, 4.69) is 50.8 Å². The van der Waals surface area contributed by atoms with Gasteiger partial charge < -0.3 is 4.57 Å². The van der Waals surface area contributed by atoms with Crippen LogP contribution in [0.1, 0.15) is 41.5 Å². The molecule has 0 spiro atoms. The first-order valence-corrected chi connectivity index (χ1v) is 7.44. The lowest BCUT2D eigenvalue weighted by Crippen LogP contribution is -2.36. The van der Waals surface area contributed by atoms with Gasteiger partial charge in [-0.25, -0.2) is 0 Å². The molecular weight excluding hydrogens is 242 g/mol. The summed E-state index contributed by atoms with van der Waals surface area (Å²) in [6.45, 7) is 19.6. The van der Waals surface area contributed by atoms with Gasteiger partial charge in [-0.05, 0) is 26.0 Å². The summed E-state index contributed by atoms with van der Waals surface area (Å²) in [5, 5.41) is 4.86. The van der Waals surface area contributed by atoms with Gasteiger partial charge in [-0.3, -0.25) is 0 Å². The molecule has 1 aromatic rings. The molecular formula is C19H31N. The first kappa shape index (κ1) is 20.6. The van der Waals surface area contributed by atoms with E-state index in [1.807, 2.05) is 52.0 Å². The molecule has 0 aliphatic carbocycles. The van der Waals surface area contributed by atoms with E-state index in [1.54, 1.807) is 0 Å². The van der Waals surface area contributed by atoms with Crippen LogP contribution in [0.25, 0.3) is 24.3 Å². The minimum Gasteiger partial charge on any atom is -0.344 e. The maximum absolute atomic E-state index is 3.76. The largest absolute Gasteiger partial charge is 0.344 e. The van der Waals surface area contributed by atoms with Crippen molar-refractivity contribution < 1.29 is 0 Å². The molecule has 1 nitrogen and oxygen atoms in total. The van der Waals surface area contributed by atoms with Crippen molar-refractivity contribution in [3.05, 3.63) is 46.4 Å². The van der Waals surface area contributed by atoms with E-state index in [-0.39, 0.29) is 0 Å². The molecule has 0 amide bonds. The Hall–Kier alpha value is -1.76. The van der Waals surface area contributed by atoms with Crippen molar-refractivity contribution >= 4 is 24.3 Å². The molecule has 0 aliphatic rings. The van der Waals surface area contributed by atoms with Crippen molar-refractivity contribution in [2.75, 3.05) is 0 Å². The molecule has 0 atom stereocenters. The molecule has 112 valence electrons. The van der Waals surface area contributed by atoms with Crippen LogP contribution in [-0.2, 0) is 7.05 Å². The molecule has 1 rings (SSSR count). The maximum atomic E-state index is 3.76. The van der Waals surface area contributed by atoms with E-state index in [1.165, 1.54) is 21.1 Å². The van der Waals surface area contributed by atoms with E-state index < -0.39 is 0 Å². The van der Waals surface area contributed by atoms with E-state index in [9.17, 15) is 0 Å². The van der Waals surface area contributed by atoms with Crippen LogP contribution in [0.4, 0.5) is 0 Å². The zero-order valence-corrected chi connectivity index (χ0v) is 14.3. The Labute approximate surface area is 124 Å². The molecule has 1 heterocycles. The molecule has 20 heavy (non-hydrogen) atoms. The van der Waals surface area contributed by atoms with Crippen LogP contribution >= 0.6 is 0 Å². The molecule has 0 saturated heterocycles. The quantitative estimate of drug-likeness (QED) is 0.780. The molecule has 0 aliphatic heterocycles. The van der Waals surface area contributed by atoms with Gasteiger partial charge in [0.05, 0.1) is 0 Å². The van der Waals surface area contributed by atoms with Gasteiger partial charge in [0.2, 0.25) is 0 Å². The van der Waals surface area contributed by atoms with Crippen LogP contribution in [0, 0.1) is 0 Å². The van der Waals surface area contributed by atoms with Crippen molar-refractivity contribution in [3.63, 3.8) is 0 Å². The Kier molecular flexibility index (Phi) is 12.6. The molecule has 0 saturated carbocycles. The lowest BCUT2D eigenvalue weighted by molar-refractivity contribution is 0.855. The van der Waals surface area contributed by atoms with E-state index in [4.69, 9.17) is 0 Å². The highest BCUT2D eigenvalue weighted by molar-refractivity contribution is 5.43. The Bertz CT molecular complexity index is 569. The number of hydrogen-bond acceptors (Lipinski definition) is 0. The SMILES string of the molecule is C=C/C=c1\c(=CC)c(=C/C)/c(=C\C=C)n1C.CC.CC. The molecule has 0 N–H and O–H groups in total. The molecule has 0 fully saturated rings. The standard InChI is InChI=1S/C15H19N.2C2H6/c1-6-10-14-12(8-3)13(9-4)15(11-7-2)16(14)5;2*1-2/h6-11H,1-2H2,3-5H3;2*1-2H3/b12-8-,13-9?,14-10+,15-11+;;. The minimum absolute atomic E-state index is 1.18. The summed E-state index contributed by atoms with van der Waals surface area (Å²) in [5.41, 5.74) is 0. The summed E-state index contributed by atoms with van der Waals surface area (Å²) < 4.78 is 2.16. The Morgan fingerprint density at radius 3 is 1.25 bits per heavy atom. The number of aromatic nitrogens is 1. The van der Waals surface area contributed by atoms with Crippen molar-refractivity contribution in [1.29, 1.82) is 0 Å². The Morgan fingerprint density at radius 2 is 1.05 bits per heavy atom. The zero-order chi connectivity index (χ0) is 16.1. The summed E-state index contributed by atoms with van der Waals surface area (Å²) in [6, 6.07) is 0. The van der Waals surface area contributed by atoms with E-state index >= 15 is 0 Å². The summed E-state index contributed by atoms with van der Waals surface area (Å²) in [4.78, 5) is 0. The van der Waals surface area contributed by atoms with E-state index in [0.29, 0.717) is 0 Å². The topological polar surface area (TPSA) is 4.93 Å². The third-order valence-electron chi connectivity index (χ3n) is 2.69. The van der Waals surface area contributed by atoms with Crippen LogP contribution in [0.5, 0.6) is 0 Å². The lowest BCUT2D eigenvalue weighted by Gasteiger charge is -1.91. The fourth-order valence-corrected chi connectivity index (χ4v) is 2.00. The van der Waals surface area contributed by atoms with Gasteiger partial charge in [0.25, 0.3) is 0 Å². The lowest BCUT2D eigenvalue weighted by atomic mass is 10.3. The number of rotatable bonds is 2. The number of nitrogens with zero attached hydrogens (tertiary/aromatic N) is 1. The van der Waals surface area contributed by atoms with Crippen LogP contribution in [0.3, 0.4) is 0 Å². The normalized spacial score (nSPS) is 13.3. The second kappa shape index (κ2) is 12.3. The van der Waals surface area contributed by atoms with Crippen LogP contribution < -0.4 is 21.1 Å². The maximum Gasteiger partial charge on any atom is 0.0485 e. The summed E-state index contributed by atoms with van der Waals surface area (Å²) in [5.74, 6) is 0. The smallest absolute Gasteiger partial charge is 0.0485 e. The highest BCUT2D eigenvalue weighted by Crippen LogP contribution is 1.68. The summed E-state index contributed by atoms with van der Waals surface area (Å²) in [7, 11) is 2.06. The molecule has 1 heteroatoms. The van der Waals surface area contributed by atoms with E-state index in [0.717, 1.165) is 0 Å². The predicted molar refractivity (Wildman–Crippen MR) is 96.2 cm³/mol. The average molecular weight is 273 g/mol. The molecule has 0 aromatic carbocycles. The van der Waals surface area contributed by atoms with Gasteiger partial charge in [-0.2, -0.15) is 0 Å². The first-order chi connectivity index (χ1) is 9.71. The fraction of sp³-hybridized carbons (Fsp3) is 0.368. The second-order valence-corrected chi connectivity index (χ2v) is 3.54. The van der Waals surface area contributed by atoms with Crippen molar-refractivity contribution in [2.24, 2.45) is 7.05 Å².